The molecule has 0 aliphatic carbocycles. The summed E-state index contributed by atoms with van der Waals surface area (Å²) >= 11 is 0. The summed E-state index contributed by atoms with van der Waals surface area (Å²) < 4.78 is 30.9. The largest absolute Gasteiger partial charge is 0.380 e. The molecule has 2 amide bonds. The Labute approximate surface area is 124 Å². The van der Waals surface area contributed by atoms with E-state index in [0.29, 0.717) is 12.3 Å². The zero-order valence-corrected chi connectivity index (χ0v) is 13.1. The van der Waals surface area contributed by atoms with Crippen LogP contribution in [-0.2, 0) is 14.8 Å². The third kappa shape index (κ3) is 2.79. The summed E-state index contributed by atoms with van der Waals surface area (Å²) in [5, 5.41) is 0. The van der Waals surface area contributed by atoms with Gasteiger partial charge in [0.15, 0.2) is 0 Å². The Morgan fingerprint density at radius 1 is 1.33 bits per heavy atom. The SMILES string of the molecule is COC/C(C)=C/CN1C(=O)N(C)c2ccccc2S1(=O)=O. The smallest absolute Gasteiger partial charge is 0.338 e. The Balaban J connectivity index is 2.40. The maximum atomic E-state index is 12.5. The van der Waals surface area contributed by atoms with Crippen LogP contribution in [-0.4, -0.2) is 46.1 Å². The number of fused-ring (bicyclic) bond motifs is 1. The van der Waals surface area contributed by atoms with Gasteiger partial charge in [0.05, 0.1) is 18.8 Å². The first-order valence-corrected chi connectivity index (χ1v) is 7.87. The fourth-order valence-corrected chi connectivity index (χ4v) is 3.70. The van der Waals surface area contributed by atoms with Crippen molar-refractivity contribution in [2.45, 2.75) is 11.8 Å². The molecule has 0 aromatic heterocycles. The number of hydrogen-bond donors (Lipinski definition) is 0. The summed E-state index contributed by atoms with van der Waals surface area (Å²) in [7, 11) is -0.695. The number of para-hydroxylation sites is 1. The lowest BCUT2D eigenvalue weighted by atomic mass is 10.3. The number of methoxy groups -OCH3 is 1. The Bertz CT molecular complexity index is 682. The number of rotatable bonds is 4. The van der Waals surface area contributed by atoms with Gasteiger partial charge in [-0.15, -0.1) is 0 Å². The number of carbonyl (C=O) groups is 1. The molecule has 0 spiro atoms. The molecule has 114 valence electrons. The van der Waals surface area contributed by atoms with Gasteiger partial charge in [-0.3, -0.25) is 4.90 Å². The molecule has 0 unspecified atom stereocenters. The van der Waals surface area contributed by atoms with E-state index in [-0.39, 0.29) is 11.4 Å². The van der Waals surface area contributed by atoms with Gasteiger partial charge in [-0.05, 0) is 19.1 Å². The quantitative estimate of drug-likeness (QED) is 0.796. The first-order chi connectivity index (χ1) is 9.89. The number of urea groups is 1. The molecule has 0 saturated carbocycles. The number of hydrogen-bond acceptors (Lipinski definition) is 4. The van der Waals surface area contributed by atoms with Crippen molar-refractivity contribution in [1.29, 1.82) is 0 Å². The van der Waals surface area contributed by atoms with Gasteiger partial charge in [-0.2, -0.15) is 0 Å². The monoisotopic (exact) mass is 310 g/mol. The topological polar surface area (TPSA) is 66.9 Å². The molecule has 1 aliphatic heterocycles. The lowest BCUT2D eigenvalue weighted by Gasteiger charge is -2.33. The standard InChI is InChI=1S/C14H18N2O4S/c1-11(10-20-3)8-9-16-14(17)15(2)12-6-4-5-7-13(12)21(16,18)19/h4-8H,9-10H2,1-3H3/b11-8+. The van der Waals surface area contributed by atoms with E-state index in [1.54, 1.807) is 38.4 Å². The van der Waals surface area contributed by atoms with E-state index < -0.39 is 16.1 Å². The van der Waals surface area contributed by atoms with Crippen LogP contribution in [0.3, 0.4) is 0 Å². The second kappa shape index (κ2) is 5.87. The van der Waals surface area contributed by atoms with Crippen molar-refractivity contribution in [3.05, 3.63) is 35.9 Å². The average molecular weight is 310 g/mol. The third-order valence-corrected chi connectivity index (χ3v) is 5.06. The maximum Gasteiger partial charge on any atom is 0.338 e. The maximum absolute atomic E-state index is 12.5. The van der Waals surface area contributed by atoms with E-state index in [1.807, 2.05) is 6.92 Å². The van der Waals surface area contributed by atoms with Crippen molar-refractivity contribution < 1.29 is 17.9 Å². The van der Waals surface area contributed by atoms with Gasteiger partial charge >= 0.3 is 6.03 Å². The number of carbonyl (C=O) groups excluding carboxylic acids is 1. The van der Waals surface area contributed by atoms with Crippen molar-refractivity contribution in [1.82, 2.24) is 4.31 Å². The second-order valence-electron chi connectivity index (χ2n) is 4.83. The minimum atomic E-state index is -3.82. The molecule has 0 atom stereocenters. The van der Waals surface area contributed by atoms with Crippen LogP contribution in [0.4, 0.5) is 10.5 Å². The van der Waals surface area contributed by atoms with Gasteiger partial charge in [-0.1, -0.05) is 23.8 Å². The molecule has 1 aliphatic rings. The molecular formula is C14H18N2O4S. The lowest BCUT2D eigenvalue weighted by Crippen LogP contribution is -2.49. The van der Waals surface area contributed by atoms with Crippen molar-refractivity contribution in [3.8, 4) is 0 Å². The number of ether oxygens (including phenoxy) is 1. The van der Waals surface area contributed by atoms with Gasteiger partial charge in [0.25, 0.3) is 10.0 Å². The summed E-state index contributed by atoms with van der Waals surface area (Å²) in [6, 6.07) is 5.91. The number of benzene rings is 1. The molecule has 0 bridgehead atoms. The number of anilines is 1. The zero-order valence-electron chi connectivity index (χ0n) is 12.2. The number of sulfonamides is 1. The minimum Gasteiger partial charge on any atom is -0.380 e. The molecular weight excluding hydrogens is 292 g/mol. The molecule has 7 heteroatoms. The molecule has 1 heterocycles. The first-order valence-electron chi connectivity index (χ1n) is 6.43. The molecule has 0 radical (unpaired) electrons. The highest BCUT2D eigenvalue weighted by Crippen LogP contribution is 2.32. The fourth-order valence-electron chi connectivity index (χ4n) is 2.15. The van der Waals surface area contributed by atoms with E-state index in [0.717, 1.165) is 9.88 Å². The van der Waals surface area contributed by atoms with Crippen molar-refractivity contribution in [2.24, 2.45) is 0 Å². The Morgan fingerprint density at radius 2 is 2.00 bits per heavy atom. The van der Waals surface area contributed by atoms with Crippen LogP contribution in [0, 0.1) is 0 Å². The molecule has 1 aromatic rings. The summed E-state index contributed by atoms with van der Waals surface area (Å²) in [4.78, 5) is 13.8. The second-order valence-corrected chi connectivity index (χ2v) is 6.66. The summed E-state index contributed by atoms with van der Waals surface area (Å²) in [6.45, 7) is 2.21. The Morgan fingerprint density at radius 3 is 2.67 bits per heavy atom. The molecule has 21 heavy (non-hydrogen) atoms. The van der Waals surface area contributed by atoms with Crippen LogP contribution in [0.1, 0.15) is 6.92 Å². The third-order valence-electron chi connectivity index (χ3n) is 3.27. The number of nitrogens with zero attached hydrogens (tertiary/aromatic N) is 2. The van der Waals surface area contributed by atoms with Crippen LogP contribution in [0.5, 0.6) is 0 Å². The average Bonchev–Trinajstić information content (AvgIpc) is 2.45. The first kappa shape index (κ1) is 15.5. The summed E-state index contributed by atoms with van der Waals surface area (Å²) in [6.07, 6.45) is 1.68. The van der Waals surface area contributed by atoms with E-state index in [1.165, 1.54) is 11.0 Å². The van der Waals surface area contributed by atoms with Crippen molar-refractivity contribution in [3.63, 3.8) is 0 Å². The summed E-state index contributed by atoms with van der Waals surface area (Å²) in [5.74, 6) is 0. The minimum absolute atomic E-state index is 0.00493. The molecule has 0 N–H and O–H groups in total. The highest BCUT2D eigenvalue weighted by atomic mass is 32.2. The van der Waals surface area contributed by atoms with Gasteiger partial charge in [0.1, 0.15) is 4.90 Å². The highest BCUT2D eigenvalue weighted by Gasteiger charge is 2.38. The highest BCUT2D eigenvalue weighted by molar-refractivity contribution is 7.90. The van der Waals surface area contributed by atoms with Crippen LogP contribution < -0.4 is 4.90 Å². The van der Waals surface area contributed by atoms with E-state index >= 15 is 0 Å². The zero-order chi connectivity index (χ0) is 15.6. The van der Waals surface area contributed by atoms with Gasteiger partial charge in [0.2, 0.25) is 0 Å². The van der Waals surface area contributed by atoms with Crippen molar-refractivity contribution >= 4 is 21.7 Å². The van der Waals surface area contributed by atoms with Gasteiger partial charge in [-0.25, -0.2) is 17.5 Å². The molecule has 1 aromatic carbocycles. The predicted molar refractivity (Wildman–Crippen MR) is 79.8 cm³/mol. The van der Waals surface area contributed by atoms with E-state index in [9.17, 15) is 13.2 Å². The predicted octanol–water partition coefficient (Wildman–Crippen LogP) is 1.84. The van der Waals surface area contributed by atoms with Gasteiger partial charge in [0, 0.05) is 14.2 Å². The normalized spacial score (nSPS) is 17.9. The lowest BCUT2D eigenvalue weighted by molar-refractivity contribution is 0.224. The summed E-state index contributed by atoms with van der Waals surface area (Å²) in [5.41, 5.74) is 1.26. The molecule has 2 rings (SSSR count). The molecule has 0 saturated heterocycles. The van der Waals surface area contributed by atoms with Crippen LogP contribution >= 0.6 is 0 Å². The van der Waals surface area contributed by atoms with Crippen LogP contribution in [0.25, 0.3) is 0 Å². The molecule has 0 fully saturated rings. The Hall–Kier alpha value is -1.86. The van der Waals surface area contributed by atoms with E-state index in [2.05, 4.69) is 0 Å². The fraction of sp³-hybridized carbons (Fsp3) is 0.357. The van der Waals surface area contributed by atoms with E-state index in [4.69, 9.17) is 4.74 Å². The molecule has 6 nitrogen and oxygen atoms in total. The van der Waals surface area contributed by atoms with Gasteiger partial charge < -0.3 is 4.74 Å². The van der Waals surface area contributed by atoms with Crippen LogP contribution in [0.2, 0.25) is 0 Å². The number of amides is 2. The van der Waals surface area contributed by atoms with Crippen LogP contribution in [0.15, 0.2) is 40.8 Å². The Kier molecular flexibility index (Phi) is 4.34. The van der Waals surface area contributed by atoms with Crippen molar-refractivity contribution in [2.75, 3.05) is 32.2 Å².